The molecule has 0 radical (unpaired) electrons. The zero-order valence-electron chi connectivity index (χ0n) is 20.1. The highest BCUT2D eigenvalue weighted by Crippen LogP contribution is 2.24. The Hall–Kier alpha value is -2.89. The molecule has 3 rings (SSSR count). The van der Waals surface area contributed by atoms with Gasteiger partial charge in [-0.25, -0.2) is 0 Å². The van der Waals surface area contributed by atoms with Gasteiger partial charge in [-0.1, -0.05) is 12.8 Å². The lowest BCUT2D eigenvalue weighted by Crippen LogP contribution is -2.20. The van der Waals surface area contributed by atoms with Crippen LogP contribution in [0, 0.1) is 0 Å². The number of benzene rings is 1. The molecule has 1 aromatic carbocycles. The fraction of sp³-hybridized carbons (Fsp3) is 0.609. The van der Waals surface area contributed by atoms with E-state index >= 15 is 0 Å². The van der Waals surface area contributed by atoms with E-state index < -0.39 is 0 Å². The van der Waals surface area contributed by atoms with E-state index in [0.717, 1.165) is 29.9 Å². The maximum atomic E-state index is 5.56. The summed E-state index contributed by atoms with van der Waals surface area (Å²) in [6.07, 6.45) is 4.70. The Balaban J connectivity index is 1.59. The van der Waals surface area contributed by atoms with Crippen molar-refractivity contribution in [2.24, 2.45) is 5.73 Å². The summed E-state index contributed by atoms with van der Waals surface area (Å²) in [6, 6.07) is 6.12. The molecule has 0 aliphatic heterocycles. The fourth-order valence-corrected chi connectivity index (χ4v) is 3.64. The van der Waals surface area contributed by atoms with Gasteiger partial charge in [0.25, 0.3) is 0 Å². The molecule has 0 amide bonds. The van der Waals surface area contributed by atoms with Gasteiger partial charge in [0.05, 0.1) is 40.6 Å². The molecule has 0 atom stereocenters. The van der Waals surface area contributed by atoms with E-state index in [1.807, 2.05) is 18.2 Å². The minimum absolute atomic E-state index is 0.391. The van der Waals surface area contributed by atoms with Crippen LogP contribution in [0.3, 0.4) is 0 Å². The Bertz CT molecular complexity index is 843. The third-order valence-electron chi connectivity index (χ3n) is 5.35. The van der Waals surface area contributed by atoms with Crippen molar-refractivity contribution in [2.45, 2.75) is 38.3 Å². The molecule has 1 saturated carbocycles. The first-order valence-corrected chi connectivity index (χ1v) is 11.8. The molecular weight excluding hydrogens is 438 g/mol. The van der Waals surface area contributed by atoms with Gasteiger partial charge in [-0.2, -0.15) is 15.0 Å². The van der Waals surface area contributed by atoms with E-state index in [1.54, 1.807) is 14.2 Å². The highest BCUT2D eigenvalue weighted by Gasteiger charge is 2.17. The molecule has 188 valence electrons. The Morgan fingerprint density at radius 1 is 0.824 bits per heavy atom. The van der Waals surface area contributed by atoms with Crippen LogP contribution in [-0.4, -0.2) is 74.7 Å². The standard InChI is InChI=1S/C23H37N7O4/c1-31-19-13-17(14-20(15-19)32-2)16-26-22-28-21(25-8-10-34-12-11-33-9-7-24)29-23(30-22)27-18-5-3-4-6-18/h13-15,18H,3-12,16,24H2,1-2H3,(H3,25,26,27,28,29,30). The lowest BCUT2D eigenvalue weighted by Gasteiger charge is -2.15. The second-order valence-corrected chi connectivity index (χ2v) is 7.95. The van der Waals surface area contributed by atoms with Crippen molar-refractivity contribution in [3.8, 4) is 11.5 Å². The Morgan fingerprint density at radius 3 is 2.09 bits per heavy atom. The molecule has 0 bridgehead atoms. The van der Waals surface area contributed by atoms with Crippen LogP contribution in [0.15, 0.2) is 18.2 Å². The van der Waals surface area contributed by atoms with E-state index in [0.29, 0.717) is 69.9 Å². The first-order valence-electron chi connectivity index (χ1n) is 11.8. The summed E-state index contributed by atoms with van der Waals surface area (Å²) in [7, 11) is 3.27. The van der Waals surface area contributed by atoms with Gasteiger partial charge in [0.1, 0.15) is 11.5 Å². The van der Waals surface area contributed by atoms with Crippen molar-refractivity contribution >= 4 is 17.8 Å². The summed E-state index contributed by atoms with van der Waals surface area (Å²) in [5.74, 6) is 2.99. The maximum absolute atomic E-state index is 5.56. The van der Waals surface area contributed by atoms with Crippen molar-refractivity contribution in [3.63, 3.8) is 0 Å². The van der Waals surface area contributed by atoms with E-state index in [4.69, 9.17) is 24.7 Å². The molecule has 11 heteroatoms. The predicted molar refractivity (Wildman–Crippen MR) is 132 cm³/mol. The van der Waals surface area contributed by atoms with Crippen molar-refractivity contribution in [2.75, 3.05) is 69.7 Å². The molecule has 1 aliphatic rings. The molecule has 1 heterocycles. The van der Waals surface area contributed by atoms with Crippen molar-refractivity contribution < 1.29 is 18.9 Å². The van der Waals surface area contributed by atoms with Crippen molar-refractivity contribution in [1.29, 1.82) is 0 Å². The molecule has 2 aromatic rings. The summed E-state index contributed by atoms with van der Waals surface area (Å²) >= 11 is 0. The molecule has 0 unspecified atom stereocenters. The smallest absolute Gasteiger partial charge is 0.229 e. The number of anilines is 3. The number of nitrogens with two attached hydrogens (primary N) is 1. The number of nitrogens with one attached hydrogen (secondary N) is 3. The largest absolute Gasteiger partial charge is 0.497 e. The van der Waals surface area contributed by atoms with E-state index in [-0.39, 0.29) is 0 Å². The van der Waals surface area contributed by atoms with Gasteiger partial charge in [-0.3, -0.25) is 0 Å². The lowest BCUT2D eigenvalue weighted by molar-refractivity contribution is 0.0547. The van der Waals surface area contributed by atoms with Gasteiger partial charge in [0.2, 0.25) is 17.8 Å². The summed E-state index contributed by atoms with van der Waals surface area (Å²) in [5.41, 5.74) is 6.38. The molecule has 0 spiro atoms. The minimum Gasteiger partial charge on any atom is -0.497 e. The Labute approximate surface area is 201 Å². The monoisotopic (exact) mass is 475 g/mol. The average molecular weight is 476 g/mol. The molecular formula is C23H37N7O4. The van der Waals surface area contributed by atoms with Crippen LogP contribution in [0.4, 0.5) is 17.8 Å². The van der Waals surface area contributed by atoms with Gasteiger partial charge in [0.15, 0.2) is 0 Å². The highest BCUT2D eigenvalue weighted by atomic mass is 16.5. The number of rotatable bonds is 16. The fourth-order valence-electron chi connectivity index (χ4n) is 3.64. The Morgan fingerprint density at radius 2 is 1.44 bits per heavy atom. The number of hydrogen-bond acceptors (Lipinski definition) is 11. The third-order valence-corrected chi connectivity index (χ3v) is 5.35. The molecule has 1 aliphatic carbocycles. The normalized spacial score (nSPS) is 13.6. The molecule has 34 heavy (non-hydrogen) atoms. The minimum atomic E-state index is 0.391. The van der Waals surface area contributed by atoms with Gasteiger partial charge >= 0.3 is 0 Å². The average Bonchev–Trinajstić information content (AvgIpc) is 3.37. The Kier molecular flexibility index (Phi) is 10.9. The number of methoxy groups -OCH3 is 2. The zero-order valence-corrected chi connectivity index (χ0v) is 20.1. The first kappa shape index (κ1) is 25.7. The second kappa shape index (κ2) is 14.4. The molecule has 11 nitrogen and oxygen atoms in total. The molecule has 1 fully saturated rings. The van der Waals surface area contributed by atoms with Crippen molar-refractivity contribution in [3.05, 3.63) is 23.8 Å². The van der Waals surface area contributed by atoms with E-state index in [9.17, 15) is 0 Å². The molecule has 0 saturated heterocycles. The quantitative estimate of drug-likeness (QED) is 0.266. The van der Waals surface area contributed by atoms with Crippen LogP contribution in [0.1, 0.15) is 31.2 Å². The number of nitrogens with zero attached hydrogens (tertiary/aromatic N) is 3. The lowest BCUT2D eigenvalue weighted by atomic mass is 10.2. The van der Waals surface area contributed by atoms with Gasteiger partial charge in [-0.15, -0.1) is 0 Å². The van der Waals surface area contributed by atoms with Crippen LogP contribution in [0.5, 0.6) is 11.5 Å². The second-order valence-electron chi connectivity index (χ2n) is 7.95. The van der Waals surface area contributed by atoms with Crippen LogP contribution >= 0.6 is 0 Å². The number of aromatic nitrogens is 3. The van der Waals surface area contributed by atoms with Gasteiger partial charge in [-0.05, 0) is 30.5 Å². The summed E-state index contributed by atoms with van der Waals surface area (Å²) in [4.78, 5) is 13.7. The van der Waals surface area contributed by atoms with Crippen LogP contribution in [0.25, 0.3) is 0 Å². The summed E-state index contributed by atoms with van der Waals surface area (Å²) in [5, 5.41) is 9.95. The number of hydrogen-bond donors (Lipinski definition) is 4. The van der Waals surface area contributed by atoms with Crippen LogP contribution in [0.2, 0.25) is 0 Å². The summed E-state index contributed by atoms with van der Waals surface area (Å²) in [6.45, 7) is 3.69. The molecule has 5 N–H and O–H groups in total. The van der Waals surface area contributed by atoms with Crippen molar-refractivity contribution in [1.82, 2.24) is 15.0 Å². The maximum Gasteiger partial charge on any atom is 0.229 e. The van der Waals surface area contributed by atoms with Crippen LogP contribution < -0.4 is 31.2 Å². The highest BCUT2D eigenvalue weighted by molar-refractivity contribution is 5.44. The third kappa shape index (κ3) is 8.81. The van der Waals surface area contributed by atoms with Gasteiger partial charge in [0, 0.05) is 31.7 Å². The predicted octanol–water partition coefficient (Wildman–Crippen LogP) is 2.26. The first-order chi connectivity index (χ1) is 16.7. The van der Waals surface area contributed by atoms with Gasteiger partial charge < -0.3 is 40.6 Å². The topological polar surface area (TPSA) is 138 Å². The van der Waals surface area contributed by atoms with Crippen LogP contribution in [-0.2, 0) is 16.0 Å². The van der Waals surface area contributed by atoms with E-state index in [2.05, 4.69) is 30.9 Å². The van der Waals surface area contributed by atoms with E-state index in [1.165, 1.54) is 12.8 Å². The molecule has 1 aromatic heterocycles. The summed E-state index contributed by atoms with van der Waals surface area (Å²) < 4.78 is 21.6. The SMILES string of the molecule is COc1cc(CNc2nc(NCCOCCOCCN)nc(NC3CCCC3)n2)cc(OC)c1. The zero-order chi connectivity index (χ0) is 24.0. The number of ether oxygens (including phenoxy) is 4.